The summed E-state index contributed by atoms with van der Waals surface area (Å²) < 4.78 is 5.15. The van der Waals surface area contributed by atoms with E-state index in [1.54, 1.807) is 19.5 Å². The first-order chi connectivity index (χ1) is 8.31. The summed E-state index contributed by atoms with van der Waals surface area (Å²) in [6, 6.07) is 9.81. The summed E-state index contributed by atoms with van der Waals surface area (Å²) in [5.41, 5.74) is 9.39. The zero-order chi connectivity index (χ0) is 12.1. The number of aromatic nitrogens is 1. The van der Waals surface area contributed by atoms with E-state index in [0.717, 1.165) is 16.9 Å². The molecule has 4 nitrogen and oxygen atoms in total. The number of rotatable bonds is 4. The van der Waals surface area contributed by atoms with Crippen LogP contribution in [-0.2, 0) is 11.3 Å². The Hall–Kier alpha value is -2.07. The summed E-state index contributed by atoms with van der Waals surface area (Å²) in [6.07, 6.45) is 3.33. The molecule has 0 atom stereocenters. The Morgan fingerprint density at radius 1 is 1.24 bits per heavy atom. The van der Waals surface area contributed by atoms with Crippen molar-refractivity contribution in [1.82, 2.24) is 4.98 Å². The van der Waals surface area contributed by atoms with Crippen LogP contribution in [0.2, 0.25) is 0 Å². The van der Waals surface area contributed by atoms with Crippen molar-refractivity contribution in [1.29, 1.82) is 0 Å². The van der Waals surface area contributed by atoms with Gasteiger partial charge in [-0.3, -0.25) is 4.98 Å². The van der Waals surface area contributed by atoms with E-state index in [0.29, 0.717) is 12.3 Å². The Balaban J connectivity index is 2.27. The van der Waals surface area contributed by atoms with Gasteiger partial charge in [-0.25, -0.2) is 0 Å². The number of nitrogens with one attached hydrogen (secondary N) is 1. The molecule has 0 saturated heterocycles. The molecule has 0 amide bonds. The molecule has 88 valence electrons. The molecule has 1 aromatic heterocycles. The Bertz CT molecular complexity index is 500. The molecule has 0 fully saturated rings. The summed E-state index contributed by atoms with van der Waals surface area (Å²) in [5, 5.41) is 3.28. The van der Waals surface area contributed by atoms with Crippen LogP contribution >= 0.6 is 0 Å². The Morgan fingerprint density at radius 2 is 2.06 bits per heavy atom. The van der Waals surface area contributed by atoms with Crippen LogP contribution in [0.3, 0.4) is 0 Å². The minimum Gasteiger partial charge on any atom is -0.396 e. The van der Waals surface area contributed by atoms with Crippen LogP contribution in [0.4, 0.5) is 17.1 Å². The molecule has 0 bridgehead atoms. The summed E-state index contributed by atoms with van der Waals surface area (Å²) in [5.74, 6) is 0. The first kappa shape index (κ1) is 11.4. The lowest BCUT2D eigenvalue weighted by molar-refractivity contribution is 0.185. The highest BCUT2D eigenvalue weighted by molar-refractivity contribution is 5.72. The predicted molar refractivity (Wildman–Crippen MR) is 69.1 cm³/mol. The number of benzene rings is 1. The molecule has 4 heteroatoms. The Morgan fingerprint density at radius 3 is 2.82 bits per heavy atom. The lowest BCUT2D eigenvalue weighted by Crippen LogP contribution is -2.00. The first-order valence-electron chi connectivity index (χ1n) is 5.34. The number of hydrogen-bond donors (Lipinski definition) is 2. The SMILES string of the molecule is COCc1ccccc1Nc1ccncc1N. The van der Waals surface area contributed by atoms with E-state index in [4.69, 9.17) is 10.5 Å². The third kappa shape index (κ3) is 2.73. The van der Waals surface area contributed by atoms with Crippen LogP contribution < -0.4 is 11.1 Å². The standard InChI is InChI=1S/C13H15N3O/c1-17-9-10-4-2-3-5-12(10)16-13-6-7-15-8-11(13)14/h2-8H,9,14H2,1H3,(H,15,16). The molecule has 2 rings (SSSR count). The number of nitrogens with zero attached hydrogens (tertiary/aromatic N) is 1. The van der Waals surface area contributed by atoms with Crippen molar-refractivity contribution in [3.8, 4) is 0 Å². The van der Waals surface area contributed by atoms with Crippen LogP contribution in [0.5, 0.6) is 0 Å². The number of methoxy groups -OCH3 is 1. The van der Waals surface area contributed by atoms with E-state index in [2.05, 4.69) is 10.3 Å². The van der Waals surface area contributed by atoms with Gasteiger partial charge in [0.05, 0.1) is 24.2 Å². The molecule has 0 saturated carbocycles. The summed E-state index contributed by atoms with van der Waals surface area (Å²) in [4.78, 5) is 3.96. The number of para-hydroxylation sites is 1. The highest BCUT2D eigenvalue weighted by Crippen LogP contribution is 2.24. The van der Waals surface area contributed by atoms with E-state index in [-0.39, 0.29) is 0 Å². The van der Waals surface area contributed by atoms with Crippen LogP contribution in [0.1, 0.15) is 5.56 Å². The average molecular weight is 229 g/mol. The summed E-state index contributed by atoms with van der Waals surface area (Å²) >= 11 is 0. The van der Waals surface area contributed by atoms with E-state index < -0.39 is 0 Å². The van der Waals surface area contributed by atoms with Crippen LogP contribution in [0.15, 0.2) is 42.7 Å². The molecule has 0 unspecified atom stereocenters. The quantitative estimate of drug-likeness (QED) is 0.845. The monoisotopic (exact) mass is 229 g/mol. The fraction of sp³-hybridized carbons (Fsp3) is 0.154. The van der Waals surface area contributed by atoms with Gasteiger partial charge in [0.25, 0.3) is 0 Å². The van der Waals surface area contributed by atoms with Crippen molar-refractivity contribution >= 4 is 17.1 Å². The fourth-order valence-electron chi connectivity index (χ4n) is 1.59. The number of hydrogen-bond acceptors (Lipinski definition) is 4. The molecule has 2 aromatic rings. The fourth-order valence-corrected chi connectivity index (χ4v) is 1.59. The number of nitrogen functional groups attached to an aromatic ring is 1. The molecule has 1 aromatic carbocycles. The molecular weight excluding hydrogens is 214 g/mol. The van der Waals surface area contributed by atoms with E-state index >= 15 is 0 Å². The average Bonchev–Trinajstić information content (AvgIpc) is 2.35. The zero-order valence-corrected chi connectivity index (χ0v) is 9.68. The van der Waals surface area contributed by atoms with Gasteiger partial charge >= 0.3 is 0 Å². The lowest BCUT2D eigenvalue weighted by Gasteiger charge is -2.12. The minimum absolute atomic E-state index is 0.564. The lowest BCUT2D eigenvalue weighted by atomic mass is 10.2. The molecule has 1 heterocycles. The maximum absolute atomic E-state index is 5.84. The van der Waals surface area contributed by atoms with Crippen molar-refractivity contribution in [2.45, 2.75) is 6.61 Å². The molecule has 0 aliphatic heterocycles. The predicted octanol–water partition coefficient (Wildman–Crippen LogP) is 2.55. The van der Waals surface area contributed by atoms with Crippen molar-refractivity contribution in [2.24, 2.45) is 0 Å². The van der Waals surface area contributed by atoms with Crippen molar-refractivity contribution in [3.63, 3.8) is 0 Å². The molecule has 3 N–H and O–H groups in total. The van der Waals surface area contributed by atoms with Gasteiger partial charge in [-0.05, 0) is 12.1 Å². The number of ether oxygens (including phenoxy) is 1. The van der Waals surface area contributed by atoms with Gasteiger partial charge in [-0.15, -0.1) is 0 Å². The smallest absolute Gasteiger partial charge is 0.0739 e. The van der Waals surface area contributed by atoms with Crippen LogP contribution in [0.25, 0.3) is 0 Å². The highest BCUT2D eigenvalue weighted by atomic mass is 16.5. The molecule has 0 spiro atoms. The normalized spacial score (nSPS) is 10.2. The molecule has 0 aliphatic carbocycles. The second-order valence-corrected chi connectivity index (χ2v) is 3.68. The molecular formula is C13H15N3O. The van der Waals surface area contributed by atoms with E-state index in [1.165, 1.54) is 0 Å². The minimum atomic E-state index is 0.564. The first-order valence-corrected chi connectivity index (χ1v) is 5.34. The largest absolute Gasteiger partial charge is 0.396 e. The maximum atomic E-state index is 5.84. The van der Waals surface area contributed by atoms with Gasteiger partial charge in [0, 0.05) is 24.6 Å². The van der Waals surface area contributed by atoms with Gasteiger partial charge in [0.1, 0.15) is 0 Å². The van der Waals surface area contributed by atoms with Crippen LogP contribution in [-0.4, -0.2) is 12.1 Å². The van der Waals surface area contributed by atoms with Gasteiger partial charge in [-0.2, -0.15) is 0 Å². The van der Waals surface area contributed by atoms with Gasteiger partial charge in [0.2, 0.25) is 0 Å². The third-order valence-electron chi connectivity index (χ3n) is 2.44. The molecule has 0 radical (unpaired) electrons. The summed E-state index contributed by atoms with van der Waals surface area (Å²) in [7, 11) is 1.68. The summed E-state index contributed by atoms with van der Waals surface area (Å²) in [6.45, 7) is 0.564. The second kappa shape index (κ2) is 5.32. The molecule has 0 aliphatic rings. The highest BCUT2D eigenvalue weighted by Gasteiger charge is 2.03. The number of pyridine rings is 1. The van der Waals surface area contributed by atoms with E-state index in [1.807, 2.05) is 30.3 Å². The topological polar surface area (TPSA) is 60.2 Å². The van der Waals surface area contributed by atoms with Gasteiger partial charge in [-0.1, -0.05) is 18.2 Å². The van der Waals surface area contributed by atoms with Crippen LogP contribution in [0, 0.1) is 0 Å². The van der Waals surface area contributed by atoms with Crippen molar-refractivity contribution in [3.05, 3.63) is 48.3 Å². The van der Waals surface area contributed by atoms with Gasteiger partial charge in [0.15, 0.2) is 0 Å². The number of nitrogens with two attached hydrogens (primary N) is 1. The van der Waals surface area contributed by atoms with Gasteiger partial charge < -0.3 is 15.8 Å². The van der Waals surface area contributed by atoms with E-state index in [9.17, 15) is 0 Å². The Kier molecular flexibility index (Phi) is 3.57. The molecule has 17 heavy (non-hydrogen) atoms. The van der Waals surface area contributed by atoms with Crippen molar-refractivity contribution in [2.75, 3.05) is 18.2 Å². The maximum Gasteiger partial charge on any atom is 0.0739 e. The third-order valence-corrected chi connectivity index (χ3v) is 2.44. The zero-order valence-electron chi connectivity index (χ0n) is 9.68. The Labute approximate surface area is 100 Å². The number of anilines is 3. The van der Waals surface area contributed by atoms with Crippen molar-refractivity contribution < 1.29 is 4.74 Å². The second-order valence-electron chi connectivity index (χ2n) is 3.68.